The molecule has 1 atom stereocenters. The summed E-state index contributed by atoms with van der Waals surface area (Å²) in [5.41, 5.74) is -0.431. The summed E-state index contributed by atoms with van der Waals surface area (Å²) in [6.45, 7) is 15.1. The number of rotatable bonds is 5. The van der Waals surface area contributed by atoms with E-state index in [1.54, 1.807) is 0 Å². The molecule has 0 unspecified atom stereocenters. The van der Waals surface area contributed by atoms with Gasteiger partial charge in [-0.25, -0.2) is 0 Å². The lowest BCUT2D eigenvalue weighted by atomic mass is 9.91. The average Bonchev–Trinajstić information content (AvgIpc) is 3.03. The van der Waals surface area contributed by atoms with Crippen LogP contribution in [-0.4, -0.2) is 61.0 Å². The zero-order chi connectivity index (χ0) is 18.7. The molecule has 0 aromatic heterocycles. The maximum Gasteiger partial charge on any atom is 0.310 e. The highest BCUT2D eigenvalue weighted by atomic mass is 16.5. The van der Waals surface area contributed by atoms with Crippen LogP contribution in [0.3, 0.4) is 0 Å². The zero-order valence-electron chi connectivity index (χ0n) is 16.8. The molecule has 2 saturated heterocycles. The molecule has 144 valence electrons. The van der Waals surface area contributed by atoms with Gasteiger partial charge >= 0.3 is 5.97 Å². The van der Waals surface area contributed by atoms with E-state index in [2.05, 4.69) is 18.7 Å². The van der Waals surface area contributed by atoms with E-state index in [0.29, 0.717) is 13.2 Å². The third-order valence-electron chi connectivity index (χ3n) is 5.14. The summed E-state index contributed by atoms with van der Waals surface area (Å²) >= 11 is 0. The Bertz CT molecular complexity index is 476. The number of piperidine rings is 1. The first-order valence-electron chi connectivity index (χ1n) is 9.77. The average molecular weight is 353 g/mol. The molecule has 0 aromatic rings. The van der Waals surface area contributed by atoms with Crippen LogP contribution in [0.1, 0.15) is 60.3 Å². The fourth-order valence-corrected chi connectivity index (χ4v) is 3.80. The third kappa shape index (κ3) is 5.98. The van der Waals surface area contributed by atoms with Gasteiger partial charge in [0.05, 0.1) is 12.5 Å². The number of likely N-dealkylation sites (tertiary alicyclic amines) is 2. The van der Waals surface area contributed by atoms with Gasteiger partial charge in [0.25, 0.3) is 0 Å². The van der Waals surface area contributed by atoms with Crippen LogP contribution >= 0.6 is 0 Å². The Morgan fingerprint density at radius 2 is 1.64 bits per heavy atom. The number of amides is 1. The van der Waals surface area contributed by atoms with Gasteiger partial charge in [-0.2, -0.15) is 0 Å². The van der Waals surface area contributed by atoms with Gasteiger partial charge in [-0.3, -0.25) is 9.59 Å². The van der Waals surface area contributed by atoms with E-state index >= 15 is 0 Å². The normalized spacial score (nSPS) is 22.9. The Balaban J connectivity index is 1.82. The molecule has 0 radical (unpaired) electrons. The highest BCUT2D eigenvalue weighted by Crippen LogP contribution is 2.26. The van der Waals surface area contributed by atoms with Crippen molar-refractivity contribution in [2.24, 2.45) is 16.7 Å². The van der Waals surface area contributed by atoms with E-state index in [1.807, 2.05) is 25.7 Å². The van der Waals surface area contributed by atoms with Crippen LogP contribution in [-0.2, 0) is 14.3 Å². The molecule has 1 amide bonds. The number of carbonyl (C=O) groups is 2. The molecular formula is C20H36N2O3. The quantitative estimate of drug-likeness (QED) is 0.714. The summed E-state index contributed by atoms with van der Waals surface area (Å²) in [4.78, 5) is 29.3. The standard InChI is InChI=1S/C20H36N2O3/c1-19(2,3)18(24)22-12-8-9-16(13-22)17(23)25-15-20(4,5)14-21-10-6-7-11-21/h16H,6-15H2,1-5H3/t16-/m1/s1. The molecule has 5 heteroatoms. The lowest BCUT2D eigenvalue weighted by Gasteiger charge is -2.36. The fraction of sp³-hybridized carbons (Fsp3) is 0.900. The molecule has 2 heterocycles. The Morgan fingerprint density at radius 3 is 2.24 bits per heavy atom. The third-order valence-corrected chi connectivity index (χ3v) is 5.14. The van der Waals surface area contributed by atoms with E-state index in [4.69, 9.17) is 4.74 Å². The second-order valence-electron chi connectivity index (χ2n) is 9.60. The van der Waals surface area contributed by atoms with Gasteiger partial charge < -0.3 is 14.5 Å². The summed E-state index contributed by atoms with van der Waals surface area (Å²) in [5, 5.41) is 0. The summed E-state index contributed by atoms with van der Waals surface area (Å²) in [7, 11) is 0. The fourth-order valence-electron chi connectivity index (χ4n) is 3.80. The van der Waals surface area contributed by atoms with Gasteiger partial charge in [-0.1, -0.05) is 34.6 Å². The van der Waals surface area contributed by atoms with E-state index in [9.17, 15) is 9.59 Å². The highest BCUT2D eigenvalue weighted by Gasteiger charge is 2.35. The number of esters is 1. The Morgan fingerprint density at radius 1 is 1.00 bits per heavy atom. The van der Waals surface area contributed by atoms with Crippen LogP contribution in [0.25, 0.3) is 0 Å². The molecule has 2 fully saturated rings. The molecule has 0 aliphatic carbocycles. The van der Waals surface area contributed by atoms with Crippen molar-refractivity contribution < 1.29 is 14.3 Å². The number of hydrogen-bond acceptors (Lipinski definition) is 4. The van der Waals surface area contributed by atoms with Crippen molar-refractivity contribution in [1.29, 1.82) is 0 Å². The van der Waals surface area contributed by atoms with Crippen LogP contribution in [0.5, 0.6) is 0 Å². The lowest BCUT2D eigenvalue weighted by molar-refractivity contribution is -0.156. The van der Waals surface area contributed by atoms with Crippen molar-refractivity contribution in [2.45, 2.75) is 60.3 Å². The molecule has 2 rings (SSSR count). The zero-order valence-corrected chi connectivity index (χ0v) is 16.8. The van der Waals surface area contributed by atoms with Crippen molar-refractivity contribution in [2.75, 3.05) is 39.3 Å². The van der Waals surface area contributed by atoms with Gasteiger partial charge in [0, 0.05) is 30.5 Å². The molecule has 25 heavy (non-hydrogen) atoms. The second-order valence-corrected chi connectivity index (χ2v) is 9.60. The molecule has 5 nitrogen and oxygen atoms in total. The van der Waals surface area contributed by atoms with Crippen molar-refractivity contribution in [1.82, 2.24) is 9.80 Å². The number of carbonyl (C=O) groups excluding carboxylic acids is 2. The second kappa shape index (κ2) is 8.07. The maximum atomic E-state index is 12.5. The lowest BCUT2D eigenvalue weighted by Crippen LogP contribution is -2.47. The first-order chi connectivity index (χ1) is 11.6. The highest BCUT2D eigenvalue weighted by molar-refractivity contribution is 5.82. The first-order valence-corrected chi connectivity index (χ1v) is 9.77. The van der Waals surface area contributed by atoms with Gasteiger partial charge in [-0.15, -0.1) is 0 Å². The van der Waals surface area contributed by atoms with Crippen LogP contribution in [0, 0.1) is 16.7 Å². The number of nitrogens with zero attached hydrogens (tertiary/aromatic N) is 2. The molecule has 0 aromatic carbocycles. The molecular weight excluding hydrogens is 316 g/mol. The summed E-state index contributed by atoms with van der Waals surface area (Å²) < 4.78 is 5.67. The number of ether oxygens (including phenoxy) is 1. The van der Waals surface area contributed by atoms with Gasteiger partial charge in [0.2, 0.25) is 5.91 Å². The topological polar surface area (TPSA) is 49.9 Å². The largest absolute Gasteiger partial charge is 0.465 e. The molecule has 0 saturated carbocycles. The van der Waals surface area contributed by atoms with E-state index in [1.165, 1.54) is 12.8 Å². The summed E-state index contributed by atoms with van der Waals surface area (Å²) in [5.74, 6) is -0.192. The van der Waals surface area contributed by atoms with Crippen LogP contribution in [0.2, 0.25) is 0 Å². The van der Waals surface area contributed by atoms with E-state index in [-0.39, 0.29) is 23.2 Å². The predicted molar refractivity (Wildman–Crippen MR) is 99.2 cm³/mol. The maximum absolute atomic E-state index is 12.5. The van der Waals surface area contributed by atoms with Crippen LogP contribution < -0.4 is 0 Å². The minimum atomic E-state index is -0.399. The van der Waals surface area contributed by atoms with Crippen molar-refractivity contribution in [3.05, 3.63) is 0 Å². The summed E-state index contributed by atoms with van der Waals surface area (Å²) in [6, 6.07) is 0. The Hall–Kier alpha value is -1.10. The van der Waals surface area contributed by atoms with Crippen molar-refractivity contribution in [3.63, 3.8) is 0 Å². The van der Waals surface area contributed by atoms with Gasteiger partial charge in [0.15, 0.2) is 0 Å². The summed E-state index contributed by atoms with van der Waals surface area (Å²) in [6.07, 6.45) is 4.24. The SMILES string of the molecule is CC(C)(COC(=O)[C@@H]1CCCN(C(=O)C(C)(C)C)C1)CN1CCCC1. The van der Waals surface area contributed by atoms with Gasteiger partial charge in [0.1, 0.15) is 0 Å². The molecule has 0 bridgehead atoms. The van der Waals surface area contributed by atoms with Gasteiger partial charge in [-0.05, 0) is 38.8 Å². The smallest absolute Gasteiger partial charge is 0.310 e. The molecule has 0 spiro atoms. The minimum absolute atomic E-state index is 0.0322. The van der Waals surface area contributed by atoms with Crippen molar-refractivity contribution >= 4 is 11.9 Å². The van der Waals surface area contributed by atoms with Crippen LogP contribution in [0.4, 0.5) is 0 Å². The minimum Gasteiger partial charge on any atom is -0.465 e. The first kappa shape index (κ1) is 20.2. The number of hydrogen-bond donors (Lipinski definition) is 0. The van der Waals surface area contributed by atoms with Crippen LogP contribution in [0.15, 0.2) is 0 Å². The Labute approximate surface area is 153 Å². The monoisotopic (exact) mass is 352 g/mol. The molecule has 2 aliphatic heterocycles. The van der Waals surface area contributed by atoms with E-state index in [0.717, 1.165) is 39.0 Å². The Kier molecular flexibility index (Phi) is 6.52. The van der Waals surface area contributed by atoms with E-state index < -0.39 is 5.41 Å². The molecule has 2 aliphatic rings. The predicted octanol–water partition coefficient (Wildman–Crippen LogP) is 2.94. The molecule has 0 N–H and O–H groups in total. The van der Waals surface area contributed by atoms with Crippen molar-refractivity contribution in [3.8, 4) is 0 Å².